The number of piperidine rings is 1. The van der Waals surface area contributed by atoms with Gasteiger partial charge < -0.3 is 10.1 Å². The second-order valence-electron chi connectivity index (χ2n) is 9.03. The van der Waals surface area contributed by atoms with Crippen molar-refractivity contribution >= 4 is 15.9 Å². The molecule has 1 amide bonds. The fraction of sp³-hybridized carbons (Fsp3) is 0.480. The number of rotatable bonds is 9. The molecular formula is C25H34N2O4S. The van der Waals surface area contributed by atoms with Gasteiger partial charge in [0.05, 0.1) is 12.0 Å². The number of aryl methyl sites for hydroxylation is 1. The topological polar surface area (TPSA) is 75.7 Å². The van der Waals surface area contributed by atoms with Crippen LogP contribution in [0.15, 0.2) is 53.4 Å². The van der Waals surface area contributed by atoms with Crippen LogP contribution in [0.2, 0.25) is 0 Å². The monoisotopic (exact) mass is 458 g/mol. The molecule has 6 nitrogen and oxygen atoms in total. The fourth-order valence-corrected chi connectivity index (χ4v) is 5.77. The highest BCUT2D eigenvalue weighted by Crippen LogP contribution is 2.27. The van der Waals surface area contributed by atoms with Gasteiger partial charge in [-0.1, -0.05) is 36.8 Å². The molecule has 0 radical (unpaired) electrons. The SMILES string of the molecule is COc1ccc(S(=O)(=O)N2CCCCC2)cc1CCC(=O)NC(C)(C)Cc1ccccc1. The maximum absolute atomic E-state index is 13.0. The van der Waals surface area contributed by atoms with E-state index in [2.05, 4.69) is 5.32 Å². The predicted octanol–water partition coefficient (Wildman–Crippen LogP) is 3.94. The number of nitrogens with zero attached hydrogens (tertiary/aromatic N) is 1. The molecule has 1 aliphatic heterocycles. The van der Waals surface area contributed by atoms with Gasteiger partial charge in [0.15, 0.2) is 0 Å². The molecule has 0 spiro atoms. The van der Waals surface area contributed by atoms with Gasteiger partial charge in [0.1, 0.15) is 5.75 Å². The molecule has 1 aliphatic rings. The minimum atomic E-state index is -3.53. The van der Waals surface area contributed by atoms with Crippen LogP contribution in [0.3, 0.4) is 0 Å². The Hall–Kier alpha value is -2.38. The van der Waals surface area contributed by atoms with Gasteiger partial charge in [-0.3, -0.25) is 4.79 Å². The number of carbonyl (C=O) groups excluding carboxylic acids is 1. The molecule has 1 heterocycles. The molecule has 1 fully saturated rings. The first kappa shape index (κ1) is 24.3. The first-order valence-corrected chi connectivity index (χ1v) is 12.7. The Kier molecular flexibility index (Phi) is 7.96. The number of sulfonamides is 1. The second kappa shape index (κ2) is 10.5. The molecule has 3 rings (SSSR count). The smallest absolute Gasteiger partial charge is 0.243 e. The van der Waals surface area contributed by atoms with Crippen molar-refractivity contribution in [1.82, 2.24) is 9.62 Å². The Morgan fingerprint density at radius 1 is 1.06 bits per heavy atom. The second-order valence-corrected chi connectivity index (χ2v) is 11.0. The number of benzene rings is 2. The van der Waals surface area contributed by atoms with Gasteiger partial charge >= 0.3 is 0 Å². The van der Waals surface area contributed by atoms with Crippen molar-refractivity contribution in [3.05, 3.63) is 59.7 Å². The van der Waals surface area contributed by atoms with E-state index >= 15 is 0 Å². The average Bonchev–Trinajstić information content (AvgIpc) is 2.78. The van der Waals surface area contributed by atoms with Gasteiger partial charge in [0.25, 0.3) is 0 Å². The lowest BCUT2D eigenvalue weighted by atomic mass is 9.94. The zero-order valence-electron chi connectivity index (χ0n) is 19.3. The van der Waals surface area contributed by atoms with E-state index in [1.54, 1.807) is 29.6 Å². The molecule has 174 valence electrons. The van der Waals surface area contributed by atoms with Crippen molar-refractivity contribution in [2.75, 3.05) is 20.2 Å². The third kappa shape index (κ3) is 6.33. The molecule has 0 aliphatic carbocycles. The van der Waals surface area contributed by atoms with Crippen molar-refractivity contribution in [2.24, 2.45) is 0 Å². The highest BCUT2D eigenvalue weighted by molar-refractivity contribution is 7.89. The molecule has 32 heavy (non-hydrogen) atoms. The van der Waals surface area contributed by atoms with Crippen LogP contribution in [0.25, 0.3) is 0 Å². The number of methoxy groups -OCH3 is 1. The summed E-state index contributed by atoms with van der Waals surface area (Å²) in [5.41, 5.74) is 1.50. The fourth-order valence-electron chi connectivity index (χ4n) is 4.20. The summed E-state index contributed by atoms with van der Waals surface area (Å²) >= 11 is 0. The maximum Gasteiger partial charge on any atom is 0.243 e. The van der Waals surface area contributed by atoms with E-state index in [4.69, 9.17) is 4.74 Å². The number of carbonyl (C=O) groups is 1. The number of hydrogen-bond acceptors (Lipinski definition) is 4. The maximum atomic E-state index is 13.0. The standard InChI is InChI=1S/C25H34N2O4S/c1-25(2,19-20-10-6-4-7-11-20)26-24(28)15-12-21-18-22(13-14-23(21)31-3)32(29,30)27-16-8-5-9-17-27/h4,6-7,10-11,13-14,18H,5,8-9,12,15-17,19H2,1-3H3,(H,26,28). The number of ether oxygens (including phenoxy) is 1. The van der Waals surface area contributed by atoms with E-state index in [1.807, 2.05) is 44.2 Å². The van der Waals surface area contributed by atoms with Gasteiger partial charge in [-0.05, 0) is 68.9 Å². The molecule has 0 aromatic heterocycles. The number of nitrogens with one attached hydrogen (secondary N) is 1. The summed E-state index contributed by atoms with van der Waals surface area (Å²) < 4.78 is 33.1. The molecule has 2 aromatic rings. The molecule has 0 saturated carbocycles. The lowest BCUT2D eigenvalue weighted by Crippen LogP contribution is -2.45. The lowest BCUT2D eigenvalue weighted by molar-refractivity contribution is -0.122. The Morgan fingerprint density at radius 3 is 2.41 bits per heavy atom. The van der Waals surface area contributed by atoms with Crippen molar-refractivity contribution in [2.45, 2.75) is 62.8 Å². The summed E-state index contributed by atoms with van der Waals surface area (Å²) in [6.45, 7) is 5.12. The van der Waals surface area contributed by atoms with E-state index in [0.717, 1.165) is 36.8 Å². The highest BCUT2D eigenvalue weighted by Gasteiger charge is 2.27. The summed E-state index contributed by atoms with van der Waals surface area (Å²) in [7, 11) is -1.98. The lowest BCUT2D eigenvalue weighted by Gasteiger charge is -2.27. The summed E-state index contributed by atoms with van der Waals surface area (Å²) in [6, 6.07) is 15.0. The normalized spacial score (nSPS) is 15.3. The molecular weight excluding hydrogens is 424 g/mol. The average molecular weight is 459 g/mol. The van der Waals surface area contributed by atoms with Gasteiger partial charge in [0, 0.05) is 25.0 Å². The van der Waals surface area contributed by atoms with E-state index in [1.165, 1.54) is 0 Å². The largest absolute Gasteiger partial charge is 0.496 e. The minimum absolute atomic E-state index is 0.0720. The van der Waals surface area contributed by atoms with Crippen LogP contribution in [0.5, 0.6) is 5.75 Å². The Bertz CT molecular complexity index is 1010. The van der Waals surface area contributed by atoms with Crippen LogP contribution < -0.4 is 10.1 Å². The van der Waals surface area contributed by atoms with Crippen molar-refractivity contribution in [3.8, 4) is 5.75 Å². The molecule has 0 bridgehead atoms. The number of amides is 1. The van der Waals surface area contributed by atoms with E-state index < -0.39 is 10.0 Å². The molecule has 7 heteroatoms. The zero-order chi connectivity index (χ0) is 23.2. The third-order valence-corrected chi connectivity index (χ3v) is 7.69. The molecule has 2 aromatic carbocycles. The highest BCUT2D eigenvalue weighted by atomic mass is 32.2. The molecule has 0 atom stereocenters. The van der Waals surface area contributed by atoms with Crippen molar-refractivity contribution in [3.63, 3.8) is 0 Å². The first-order valence-electron chi connectivity index (χ1n) is 11.2. The Morgan fingerprint density at radius 2 is 1.75 bits per heavy atom. The van der Waals surface area contributed by atoms with Gasteiger partial charge in [-0.25, -0.2) is 8.42 Å². The van der Waals surface area contributed by atoms with E-state index in [9.17, 15) is 13.2 Å². The first-order chi connectivity index (χ1) is 15.2. The Balaban J connectivity index is 1.67. The zero-order valence-corrected chi connectivity index (χ0v) is 20.1. The third-order valence-electron chi connectivity index (χ3n) is 5.79. The summed E-state index contributed by atoms with van der Waals surface area (Å²) in [5.74, 6) is 0.524. The van der Waals surface area contributed by atoms with Crippen LogP contribution in [0.4, 0.5) is 0 Å². The summed E-state index contributed by atoms with van der Waals surface area (Å²) in [5, 5.41) is 3.10. The molecule has 1 saturated heterocycles. The number of hydrogen-bond donors (Lipinski definition) is 1. The van der Waals surface area contributed by atoms with Crippen LogP contribution in [0.1, 0.15) is 50.7 Å². The predicted molar refractivity (Wildman–Crippen MR) is 126 cm³/mol. The van der Waals surface area contributed by atoms with Gasteiger partial charge in [0.2, 0.25) is 15.9 Å². The minimum Gasteiger partial charge on any atom is -0.496 e. The quantitative estimate of drug-likeness (QED) is 0.618. The van der Waals surface area contributed by atoms with Crippen LogP contribution in [0, 0.1) is 0 Å². The van der Waals surface area contributed by atoms with Crippen molar-refractivity contribution < 1.29 is 17.9 Å². The van der Waals surface area contributed by atoms with E-state index in [-0.39, 0.29) is 22.8 Å². The van der Waals surface area contributed by atoms with Crippen LogP contribution >= 0.6 is 0 Å². The Labute approximate surface area is 192 Å². The van der Waals surface area contributed by atoms with Gasteiger partial charge in [-0.2, -0.15) is 4.31 Å². The summed E-state index contributed by atoms with van der Waals surface area (Å²) in [4.78, 5) is 12.9. The molecule has 0 unspecified atom stereocenters. The molecule has 1 N–H and O–H groups in total. The van der Waals surface area contributed by atoms with Crippen LogP contribution in [-0.2, 0) is 27.7 Å². The summed E-state index contributed by atoms with van der Waals surface area (Å²) in [6.07, 6.45) is 4.23. The van der Waals surface area contributed by atoms with E-state index in [0.29, 0.717) is 25.3 Å². The van der Waals surface area contributed by atoms with Crippen molar-refractivity contribution in [1.29, 1.82) is 0 Å². The van der Waals surface area contributed by atoms with Crippen LogP contribution in [-0.4, -0.2) is 44.4 Å². The van der Waals surface area contributed by atoms with Gasteiger partial charge in [-0.15, -0.1) is 0 Å².